The second-order valence-electron chi connectivity index (χ2n) is 17.0. The molecule has 8 aromatic carbocycles. The molecule has 2 N–H and O–H groups in total. The van der Waals surface area contributed by atoms with E-state index in [1.807, 2.05) is 24.3 Å². The number of benzene rings is 8. The molecule has 63 heavy (non-hydrogen) atoms. The number of aliphatic imine (C=N–C) groups is 1. The van der Waals surface area contributed by atoms with Gasteiger partial charge in [-0.3, -0.25) is 5.32 Å². The van der Waals surface area contributed by atoms with Crippen molar-refractivity contribution in [1.29, 1.82) is 0 Å². The second-order valence-corrected chi connectivity index (χ2v) is 17.0. The summed E-state index contributed by atoms with van der Waals surface area (Å²) in [6, 6.07) is 65.1. The van der Waals surface area contributed by atoms with E-state index in [4.69, 9.17) is 13.8 Å². The van der Waals surface area contributed by atoms with E-state index < -0.39 is 0 Å². The largest absolute Gasteiger partial charge is 0.456 e. The Hall–Kier alpha value is -7.67. The maximum absolute atomic E-state index is 6.42. The molecule has 0 saturated heterocycles. The van der Waals surface area contributed by atoms with Crippen LogP contribution in [0, 0.1) is 0 Å². The normalized spacial score (nSPS) is 19.4. The van der Waals surface area contributed by atoms with Gasteiger partial charge in [0.15, 0.2) is 0 Å². The molecule has 13 rings (SSSR count). The third-order valence-corrected chi connectivity index (χ3v) is 13.4. The van der Waals surface area contributed by atoms with Crippen molar-refractivity contribution < 1.29 is 8.83 Å². The Morgan fingerprint density at radius 1 is 0.540 bits per heavy atom. The zero-order valence-electron chi connectivity index (χ0n) is 34.4. The lowest BCUT2D eigenvalue weighted by molar-refractivity contribution is 0.409. The van der Waals surface area contributed by atoms with Gasteiger partial charge in [-0.25, -0.2) is 4.99 Å². The molecule has 0 radical (unpaired) electrons. The first-order valence-corrected chi connectivity index (χ1v) is 22.0. The van der Waals surface area contributed by atoms with E-state index in [2.05, 4.69) is 185 Å². The van der Waals surface area contributed by atoms with Gasteiger partial charge in [0, 0.05) is 44.4 Å². The van der Waals surface area contributed by atoms with Gasteiger partial charge in [-0.05, 0) is 125 Å². The van der Waals surface area contributed by atoms with Gasteiger partial charge in [-0.2, -0.15) is 0 Å². The molecule has 2 aromatic heterocycles. The predicted octanol–water partition coefficient (Wildman–Crippen LogP) is 14.1. The standard InChI is InChI=1S/C57H42N4O2/c1-2-14-35(15-3-1)55-58-56(36-28-30-40(31-29-36)61-47-22-8-4-16-43(47)44-17-5-9-23-48(44)61)60-57(59-55)39-33-37(41-20-12-26-51-53(41)45-18-6-10-24-49(45)62-51)32-38(34-39)42-21-13-27-52-54(42)46-19-7-11-25-50(46)63-52/h1-4,6-16,18-34,44,48,55,57,59H,5,17H2,(H,58,60). The minimum absolute atomic E-state index is 0.198. The number of fused-ring (bicyclic) bond motifs is 9. The van der Waals surface area contributed by atoms with Crippen molar-refractivity contribution in [1.82, 2.24) is 10.6 Å². The van der Waals surface area contributed by atoms with Gasteiger partial charge in [0.05, 0.1) is 6.04 Å². The number of para-hydroxylation sites is 3. The summed E-state index contributed by atoms with van der Waals surface area (Å²) in [5, 5.41) is 12.1. The Morgan fingerprint density at radius 3 is 1.86 bits per heavy atom. The summed E-state index contributed by atoms with van der Waals surface area (Å²) in [7, 11) is 0. The van der Waals surface area contributed by atoms with Crippen molar-refractivity contribution in [3.8, 4) is 22.3 Å². The maximum atomic E-state index is 6.42. The molecule has 10 aromatic rings. The van der Waals surface area contributed by atoms with E-state index in [1.54, 1.807) is 0 Å². The number of nitrogens with one attached hydrogen (secondary N) is 2. The topological polar surface area (TPSA) is 65.9 Å². The molecule has 0 bridgehead atoms. The zero-order valence-corrected chi connectivity index (χ0v) is 34.4. The number of furan rings is 2. The highest BCUT2D eigenvalue weighted by atomic mass is 16.3. The Morgan fingerprint density at radius 2 is 1.16 bits per heavy atom. The third-order valence-electron chi connectivity index (χ3n) is 13.4. The highest BCUT2D eigenvalue weighted by Crippen LogP contribution is 2.49. The molecule has 6 heteroatoms. The van der Waals surface area contributed by atoms with Gasteiger partial charge in [-0.15, -0.1) is 0 Å². The van der Waals surface area contributed by atoms with Gasteiger partial charge < -0.3 is 19.1 Å². The SMILES string of the molecule is C1=CC2C(CC1)c1ccccc1N2c1ccc(C2=NC(c3cc(-c4cccc5oc6ccccc6c45)cc(-c4cccc5oc6ccccc6c45)c3)NC(c3ccccc3)N2)cc1. The van der Waals surface area contributed by atoms with Crippen LogP contribution in [-0.4, -0.2) is 11.9 Å². The molecule has 0 spiro atoms. The molecule has 6 nitrogen and oxygen atoms in total. The van der Waals surface area contributed by atoms with Crippen LogP contribution in [-0.2, 0) is 0 Å². The third kappa shape index (κ3) is 5.93. The van der Waals surface area contributed by atoms with Crippen LogP contribution in [0.25, 0.3) is 66.1 Å². The summed E-state index contributed by atoms with van der Waals surface area (Å²) in [5.41, 5.74) is 15.0. The average Bonchev–Trinajstić information content (AvgIpc) is 4.04. The van der Waals surface area contributed by atoms with Crippen LogP contribution >= 0.6 is 0 Å². The number of rotatable bonds is 6. The fraction of sp³-hybridized carbons (Fsp3) is 0.105. The molecule has 2 aliphatic heterocycles. The maximum Gasteiger partial charge on any atom is 0.136 e. The first kappa shape index (κ1) is 36.0. The molecule has 1 aliphatic carbocycles. The van der Waals surface area contributed by atoms with Crippen LogP contribution in [0.5, 0.6) is 0 Å². The van der Waals surface area contributed by atoms with E-state index in [1.165, 1.54) is 23.4 Å². The molecule has 0 saturated carbocycles. The molecular weight excluding hydrogens is 773 g/mol. The van der Waals surface area contributed by atoms with E-state index in [9.17, 15) is 0 Å². The molecule has 4 unspecified atom stereocenters. The lowest BCUT2D eigenvalue weighted by Crippen LogP contribution is -2.45. The van der Waals surface area contributed by atoms with E-state index in [0.29, 0.717) is 12.0 Å². The van der Waals surface area contributed by atoms with Crippen LogP contribution in [0.1, 0.15) is 53.3 Å². The molecule has 4 atom stereocenters. The van der Waals surface area contributed by atoms with Crippen molar-refractivity contribution in [3.63, 3.8) is 0 Å². The Balaban J connectivity index is 0.976. The second kappa shape index (κ2) is 14.5. The number of hydrogen-bond acceptors (Lipinski definition) is 6. The smallest absolute Gasteiger partial charge is 0.136 e. The minimum atomic E-state index is -0.385. The number of amidine groups is 1. The summed E-state index contributed by atoms with van der Waals surface area (Å²) in [4.78, 5) is 8.05. The molecule has 0 fully saturated rings. The van der Waals surface area contributed by atoms with Gasteiger partial charge in [-0.1, -0.05) is 121 Å². The van der Waals surface area contributed by atoms with Crippen molar-refractivity contribution in [3.05, 3.63) is 216 Å². The van der Waals surface area contributed by atoms with Crippen molar-refractivity contribution >= 4 is 61.1 Å². The molecular formula is C57H42N4O2. The molecule has 4 heterocycles. The van der Waals surface area contributed by atoms with Crippen LogP contribution in [0.3, 0.4) is 0 Å². The lowest BCUT2D eigenvalue weighted by atomic mass is 9.86. The fourth-order valence-electron chi connectivity index (χ4n) is 10.5. The molecule has 0 amide bonds. The van der Waals surface area contributed by atoms with E-state index in [-0.39, 0.29) is 12.3 Å². The summed E-state index contributed by atoms with van der Waals surface area (Å²) < 4.78 is 12.8. The van der Waals surface area contributed by atoms with Crippen molar-refractivity contribution in [2.75, 3.05) is 4.90 Å². The number of nitrogens with zero attached hydrogens (tertiary/aromatic N) is 2. The highest BCUT2D eigenvalue weighted by Gasteiger charge is 2.38. The minimum Gasteiger partial charge on any atom is -0.456 e. The Labute approximate surface area is 364 Å². The van der Waals surface area contributed by atoms with Crippen LogP contribution < -0.4 is 15.5 Å². The summed E-state index contributed by atoms with van der Waals surface area (Å²) in [6.07, 6.45) is 6.47. The Bertz CT molecular complexity index is 3320. The first-order chi connectivity index (χ1) is 31.2. The average molecular weight is 815 g/mol. The molecule has 302 valence electrons. The van der Waals surface area contributed by atoms with E-state index >= 15 is 0 Å². The monoisotopic (exact) mass is 814 g/mol. The van der Waals surface area contributed by atoms with Crippen LogP contribution in [0.15, 0.2) is 208 Å². The number of hydrogen-bond donors (Lipinski definition) is 2. The van der Waals surface area contributed by atoms with Gasteiger partial charge in [0.25, 0.3) is 0 Å². The summed E-state index contributed by atoms with van der Waals surface area (Å²) in [5.74, 6) is 1.35. The van der Waals surface area contributed by atoms with Crippen LogP contribution in [0.2, 0.25) is 0 Å². The summed E-state index contributed by atoms with van der Waals surface area (Å²) in [6.45, 7) is 0. The predicted molar refractivity (Wildman–Crippen MR) is 257 cm³/mol. The lowest BCUT2D eigenvalue weighted by Gasteiger charge is -2.33. The van der Waals surface area contributed by atoms with Gasteiger partial charge >= 0.3 is 0 Å². The van der Waals surface area contributed by atoms with Crippen molar-refractivity contribution in [2.24, 2.45) is 4.99 Å². The summed E-state index contributed by atoms with van der Waals surface area (Å²) >= 11 is 0. The Kier molecular flexibility index (Phi) is 8.28. The van der Waals surface area contributed by atoms with Crippen LogP contribution in [0.4, 0.5) is 11.4 Å². The van der Waals surface area contributed by atoms with Crippen molar-refractivity contribution in [2.45, 2.75) is 37.1 Å². The fourth-order valence-corrected chi connectivity index (χ4v) is 10.5. The number of anilines is 2. The van der Waals surface area contributed by atoms with E-state index in [0.717, 1.165) is 95.1 Å². The van der Waals surface area contributed by atoms with Gasteiger partial charge in [0.2, 0.25) is 0 Å². The quantitative estimate of drug-likeness (QED) is 0.164. The first-order valence-electron chi connectivity index (χ1n) is 22.0. The number of allylic oxidation sites excluding steroid dienone is 1. The highest BCUT2D eigenvalue weighted by molar-refractivity contribution is 6.14. The molecule has 3 aliphatic rings. The zero-order chi connectivity index (χ0) is 41.4. The van der Waals surface area contributed by atoms with Gasteiger partial charge in [0.1, 0.15) is 40.5 Å².